The van der Waals surface area contributed by atoms with Crippen molar-refractivity contribution < 1.29 is 8.42 Å². The van der Waals surface area contributed by atoms with Gasteiger partial charge in [0, 0.05) is 24.5 Å². The molecule has 5 rings (SSSR count). The van der Waals surface area contributed by atoms with Crippen LogP contribution in [0.1, 0.15) is 60.6 Å². The summed E-state index contributed by atoms with van der Waals surface area (Å²) in [7, 11) is -3.70. The Hall–Kier alpha value is -2.48. The Morgan fingerprint density at radius 1 is 0.889 bits per heavy atom. The molecule has 0 radical (unpaired) electrons. The standard InChI is InChI=1S/C29H35N3O2S2/c1-23-15-17-26(18-16-23)36(33,34)32-20-19-31(22-24-10-5-4-6-11-24)29(28(32)27-14-9-21-35-27)30-25-12-7-2-3-8-13-25/h4-6,9-11,14-18,21,25,28H,2-3,7-8,12-13,19-20,22H2,1H3/b30-29-. The van der Waals surface area contributed by atoms with E-state index in [0.29, 0.717) is 18.0 Å². The molecule has 2 aromatic carbocycles. The van der Waals surface area contributed by atoms with Crippen LogP contribution < -0.4 is 0 Å². The summed E-state index contributed by atoms with van der Waals surface area (Å²) in [5, 5.41) is 2.03. The maximum atomic E-state index is 14.0. The second-order valence-electron chi connectivity index (χ2n) is 9.89. The summed E-state index contributed by atoms with van der Waals surface area (Å²) < 4.78 is 29.7. The van der Waals surface area contributed by atoms with E-state index in [1.165, 1.54) is 31.2 Å². The molecule has 1 atom stereocenters. The van der Waals surface area contributed by atoms with Gasteiger partial charge in [-0.25, -0.2) is 8.42 Å². The summed E-state index contributed by atoms with van der Waals surface area (Å²) in [4.78, 5) is 9.08. The first-order chi connectivity index (χ1) is 17.5. The minimum absolute atomic E-state index is 0.241. The molecule has 7 heteroatoms. The Morgan fingerprint density at radius 3 is 2.28 bits per heavy atom. The lowest BCUT2D eigenvalue weighted by Crippen LogP contribution is -2.53. The smallest absolute Gasteiger partial charge is 0.244 e. The summed E-state index contributed by atoms with van der Waals surface area (Å²) in [5.41, 5.74) is 2.26. The molecule has 1 aliphatic carbocycles. The summed E-state index contributed by atoms with van der Waals surface area (Å²) in [6.07, 6.45) is 7.05. The van der Waals surface area contributed by atoms with Crippen LogP contribution in [0.2, 0.25) is 0 Å². The topological polar surface area (TPSA) is 53.0 Å². The predicted molar refractivity (Wildman–Crippen MR) is 148 cm³/mol. The third-order valence-corrected chi connectivity index (χ3v) is 10.0. The number of hydrogen-bond donors (Lipinski definition) is 0. The van der Waals surface area contributed by atoms with E-state index >= 15 is 0 Å². The predicted octanol–water partition coefficient (Wildman–Crippen LogP) is 6.43. The number of amidine groups is 1. The van der Waals surface area contributed by atoms with E-state index < -0.39 is 16.1 Å². The Morgan fingerprint density at radius 2 is 1.61 bits per heavy atom. The molecule has 0 bridgehead atoms. The van der Waals surface area contributed by atoms with Gasteiger partial charge in [-0.15, -0.1) is 11.3 Å². The fraction of sp³-hybridized carbons (Fsp3) is 0.414. The average molecular weight is 522 g/mol. The molecule has 5 nitrogen and oxygen atoms in total. The Kier molecular flexibility index (Phi) is 7.89. The molecular formula is C29H35N3O2S2. The van der Waals surface area contributed by atoms with Gasteiger partial charge in [0.15, 0.2) is 0 Å². The number of hydrogen-bond acceptors (Lipinski definition) is 4. The highest BCUT2D eigenvalue weighted by molar-refractivity contribution is 7.89. The second kappa shape index (κ2) is 11.3. The molecule has 2 aliphatic rings. The molecule has 36 heavy (non-hydrogen) atoms. The number of benzene rings is 2. The Bertz CT molecular complexity index is 1250. The summed E-state index contributed by atoms with van der Waals surface area (Å²) in [6, 6.07) is 21.5. The largest absolute Gasteiger partial charge is 0.353 e. The zero-order valence-electron chi connectivity index (χ0n) is 20.9. The van der Waals surface area contributed by atoms with Gasteiger partial charge in [0.05, 0.1) is 10.9 Å². The molecule has 2 fully saturated rings. The van der Waals surface area contributed by atoms with E-state index in [9.17, 15) is 8.42 Å². The van der Waals surface area contributed by atoms with Gasteiger partial charge in [-0.3, -0.25) is 4.99 Å². The van der Waals surface area contributed by atoms with Crippen LogP contribution in [0.5, 0.6) is 0 Å². The quantitative estimate of drug-likeness (QED) is 0.352. The van der Waals surface area contributed by atoms with Crippen molar-refractivity contribution in [3.63, 3.8) is 0 Å². The molecule has 0 spiro atoms. The van der Waals surface area contributed by atoms with E-state index in [2.05, 4.69) is 35.2 Å². The van der Waals surface area contributed by atoms with Crippen molar-refractivity contribution >= 4 is 27.2 Å². The second-order valence-corrected chi connectivity index (χ2v) is 12.8. The van der Waals surface area contributed by atoms with Crippen LogP contribution in [-0.2, 0) is 16.6 Å². The van der Waals surface area contributed by atoms with Crippen LogP contribution in [0.15, 0.2) is 82.0 Å². The molecule has 1 aromatic heterocycles. The highest BCUT2D eigenvalue weighted by Gasteiger charge is 2.42. The monoisotopic (exact) mass is 521 g/mol. The minimum Gasteiger partial charge on any atom is -0.353 e. The third-order valence-electron chi connectivity index (χ3n) is 7.24. The lowest BCUT2D eigenvalue weighted by molar-refractivity contribution is 0.256. The highest BCUT2D eigenvalue weighted by atomic mass is 32.2. The normalized spacial score (nSPS) is 21.5. The van der Waals surface area contributed by atoms with Crippen LogP contribution in [0, 0.1) is 6.92 Å². The van der Waals surface area contributed by atoms with Gasteiger partial charge in [0.1, 0.15) is 11.9 Å². The van der Waals surface area contributed by atoms with Crippen LogP contribution in [-0.4, -0.2) is 42.6 Å². The fourth-order valence-corrected chi connectivity index (χ4v) is 7.73. The first-order valence-electron chi connectivity index (χ1n) is 13.0. The molecule has 3 aromatic rings. The van der Waals surface area contributed by atoms with Gasteiger partial charge in [-0.05, 0) is 48.9 Å². The van der Waals surface area contributed by atoms with Crippen molar-refractivity contribution in [2.75, 3.05) is 13.1 Å². The zero-order chi connectivity index (χ0) is 25.0. The third kappa shape index (κ3) is 5.58. The summed E-state index contributed by atoms with van der Waals surface area (Å²) >= 11 is 1.61. The maximum absolute atomic E-state index is 14.0. The number of piperazine rings is 1. The lowest BCUT2D eigenvalue weighted by Gasteiger charge is -2.42. The molecule has 1 saturated heterocycles. The molecule has 1 aliphatic heterocycles. The van der Waals surface area contributed by atoms with Gasteiger partial charge < -0.3 is 4.90 Å². The van der Waals surface area contributed by atoms with Gasteiger partial charge >= 0.3 is 0 Å². The Balaban J connectivity index is 1.58. The van der Waals surface area contributed by atoms with E-state index in [-0.39, 0.29) is 6.04 Å². The van der Waals surface area contributed by atoms with E-state index in [1.807, 2.05) is 36.6 Å². The molecule has 0 amide bonds. The molecule has 1 saturated carbocycles. The van der Waals surface area contributed by atoms with Crippen LogP contribution in [0.4, 0.5) is 0 Å². The highest BCUT2D eigenvalue weighted by Crippen LogP contribution is 2.37. The lowest BCUT2D eigenvalue weighted by atomic mass is 10.1. The van der Waals surface area contributed by atoms with Crippen molar-refractivity contribution in [1.82, 2.24) is 9.21 Å². The van der Waals surface area contributed by atoms with Crippen molar-refractivity contribution in [3.05, 3.63) is 88.1 Å². The fourth-order valence-electron chi connectivity index (χ4n) is 5.28. The minimum atomic E-state index is -3.70. The molecule has 190 valence electrons. The van der Waals surface area contributed by atoms with Gasteiger partial charge in [-0.2, -0.15) is 4.31 Å². The van der Waals surface area contributed by atoms with Gasteiger partial charge in [0.2, 0.25) is 10.0 Å². The SMILES string of the molecule is Cc1ccc(S(=O)(=O)N2CCN(Cc3ccccc3)/C(=N\C3CCCCCC3)C2c2cccs2)cc1. The van der Waals surface area contributed by atoms with Crippen molar-refractivity contribution in [3.8, 4) is 0 Å². The van der Waals surface area contributed by atoms with E-state index in [0.717, 1.165) is 35.7 Å². The number of thiophene rings is 1. The average Bonchev–Trinajstić information content (AvgIpc) is 3.30. The summed E-state index contributed by atoms with van der Waals surface area (Å²) in [6.45, 7) is 3.75. The van der Waals surface area contributed by atoms with E-state index in [1.54, 1.807) is 27.8 Å². The first-order valence-corrected chi connectivity index (χ1v) is 15.3. The van der Waals surface area contributed by atoms with Crippen LogP contribution in [0.3, 0.4) is 0 Å². The van der Waals surface area contributed by atoms with Gasteiger partial charge in [-0.1, -0.05) is 79.8 Å². The van der Waals surface area contributed by atoms with Crippen molar-refractivity contribution in [2.24, 2.45) is 4.99 Å². The van der Waals surface area contributed by atoms with Crippen LogP contribution >= 0.6 is 11.3 Å². The number of sulfonamides is 1. The first kappa shape index (κ1) is 25.2. The summed E-state index contributed by atoms with van der Waals surface area (Å²) in [5.74, 6) is 0.898. The van der Waals surface area contributed by atoms with E-state index in [4.69, 9.17) is 4.99 Å². The van der Waals surface area contributed by atoms with Gasteiger partial charge in [0.25, 0.3) is 0 Å². The number of aliphatic imine (C=N–C) groups is 1. The van der Waals surface area contributed by atoms with Crippen molar-refractivity contribution in [2.45, 2.75) is 69.0 Å². The molecule has 1 unspecified atom stereocenters. The number of aryl methyl sites for hydroxylation is 1. The Labute approximate surface area is 219 Å². The number of rotatable bonds is 6. The molecule has 0 N–H and O–H groups in total. The maximum Gasteiger partial charge on any atom is 0.244 e. The van der Waals surface area contributed by atoms with Crippen molar-refractivity contribution in [1.29, 1.82) is 0 Å². The zero-order valence-corrected chi connectivity index (χ0v) is 22.6. The number of nitrogens with zero attached hydrogens (tertiary/aromatic N) is 3. The molecule has 2 heterocycles. The molecular weight excluding hydrogens is 486 g/mol. The van der Waals surface area contributed by atoms with Crippen LogP contribution in [0.25, 0.3) is 0 Å².